The van der Waals surface area contributed by atoms with Crippen LogP contribution in [0.5, 0.6) is 5.75 Å². The lowest BCUT2D eigenvalue weighted by Gasteiger charge is -2.08. The summed E-state index contributed by atoms with van der Waals surface area (Å²) in [5, 5.41) is 3.06. The van der Waals surface area contributed by atoms with Crippen LogP contribution in [0.3, 0.4) is 0 Å². The molecule has 0 spiro atoms. The van der Waals surface area contributed by atoms with Gasteiger partial charge in [0.2, 0.25) is 0 Å². The van der Waals surface area contributed by atoms with E-state index in [0.717, 1.165) is 22.8 Å². The second-order valence-electron chi connectivity index (χ2n) is 4.06. The Balaban J connectivity index is 1.99. The molecule has 1 heterocycles. The molecule has 0 amide bonds. The normalized spacial score (nSPS) is 9.83. The second kappa shape index (κ2) is 5.87. The maximum absolute atomic E-state index is 5.70. The molecule has 92 valence electrons. The molecule has 2 aromatic rings. The van der Waals surface area contributed by atoms with E-state index in [2.05, 4.69) is 16.9 Å². The predicted octanol–water partition coefficient (Wildman–Crippen LogP) is 3.61. The van der Waals surface area contributed by atoms with E-state index in [1.807, 2.05) is 49.4 Å². The number of nitrogens with zero attached hydrogens (tertiary/aromatic N) is 1. The van der Waals surface area contributed by atoms with Gasteiger partial charge in [-0.3, -0.25) is 0 Å². The lowest BCUT2D eigenvalue weighted by molar-refractivity contribution is 0.306. The van der Waals surface area contributed by atoms with Gasteiger partial charge in [-0.1, -0.05) is 36.9 Å². The van der Waals surface area contributed by atoms with Gasteiger partial charge in [-0.05, 0) is 18.6 Å². The third kappa shape index (κ3) is 3.63. The number of benzene rings is 1. The first-order valence-corrected chi connectivity index (χ1v) is 5.79. The molecule has 0 fully saturated rings. The highest BCUT2D eigenvalue weighted by Crippen LogP contribution is 2.16. The highest BCUT2D eigenvalue weighted by molar-refractivity contribution is 5.44. The number of aromatic nitrogens is 1. The van der Waals surface area contributed by atoms with Crippen molar-refractivity contribution in [3.63, 3.8) is 0 Å². The van der Waals surface area contributed by atoms with Crippen LogP contribution in [0.15, 0.2) is 60.9 Å². The van der Waals surface area contributed by atoms with Gasteiger partial charge in [-0.25, -0.2) is 4.98 Å². The molecule has 0 saturated heterocycles. The van der Waals surface area contributed by atoms with Crippen LogP contribution in [-0.4, -0.2) is 4.98 Å². The van der Waals surface area contributed by atoms with Crippen molar-refractivity contribution in [3.05, 3.63) is 66.5 Å². The average Bonchev–Trinajstić information content (AvgIpc) is 2.37. The number of hydrogen-bond donors (Lipinski definition) is 1. The van der Waals surface area contributed by atoms with E-state index in [9.17, 15) is 0 Å². The Morgan fingerprint density at radius 2 is 2.06 bits per heavy atom. The smallest absolute Gasteiger partial charge is 0.133 e. The molecule has 0 unspecified atom stereocenters. The zero-order valence-electron chi connectivity index (χ0n) is 10.4. The molecule has 0 atom stereocenters. The first-order chi connectivity index (χ1) is 8.74. The highest BCUT2D eigenvalue weighted by Gasteiger charge is 1.98. The van der Waals surface area contributed by atoms with E-state index in [-0.39, 0.29) is 0 Å². The first-order valence-electron chi connectivity index (χ1n) is 5.79. The van der Waals surface area contributed by atoms with E-state index >= 15 is 0 Å². The maximum atomic E-state index is 5.70. The quantitative estimate of drug-likeness (QED) is 0.867. The monoisotopic (exact) mass is 240 g/mol. The summed E-state index contributed by atoms with van der Waals surface area (Å²) >= 11 is 0. The zero-order valence-corrected chi connectivity index (χ0v) is 10.4. The third-order valence-corrected chi connectivity index (χ3v) is 2.32. The summed E-state index contributed by atoms with van der Waals surface area (Å²) in [6, 6.07) is 13.8. The van der Waals surface area contributed by atoms with Crippen molar-refractivity contribution < 1.29 is 4.74 Å². The van der Waals surface area contributed by atoms with Crippen molar-refractivity contribution >= 4 is 5.82 Å². The van der Waals surface area contributed by atoms with Gasteiger partial charge in [0.1, 0.15) is 18.2 Å². The van der Waals surface area contributed by atoms with Crippen molar-refractivity contribution in [2.75, 3.05) is 5.32 Å². The molecule has 3 nitrogen and oxygen atoms in total. The summed E-state index contributed by atoms with van der Waals surface area (Å²) in [5.74, 6) is 1.53. The molecule has 0 aliphatic rings. The lowest BCUT2D eigenvalue weighted by Crippen LogP contribution is -1.99. The third-order valence-electron chi connectivity index (χ3n) is 2.32. The van der Waals surface area contributed by atoms with Gasteiger partial charge < -0.3 is 10.1 Å². The number of pyridine rings is 1. The Bertz CT molecular complexity index is 523. The van der Waals surface area contributed by atoms with Crippen LogP contribution >= 0.6 is 0 Å². The van der Waals surface area contributed by atoms with E-state index in [0.29, 0.717) is 6.61 Å². The number of anilines is 1. The van der Waals surface area contributed by atoms with Crippen LogP contribution in [0.1, 0.15) is 12.5 Å². The van der Waals surface area contributed by atoms with Crippen molar-refractivity contribution in [1.82, 2.24) is 4.98 Å². The Kier molecular flexibility index (Phi) is 3.97. The molecular weight excluding hydrogens is 224 g/mol. The van der Waals surface area contributed by atoms with Gasteiger partial charge >= 0.3 is 0 Å². The number of rotatable bonds is 5. The second-order valence-corrected chi connectivity index (χ2v) is 4.06. The molecule has 3 heteroatoms. The minimum Gasteiger partial charge on any atom is -0.489 e. The van der Waals surface area contributed by atoms with Crippen LogP contribution in [0.4, 0.5) is 5.82 Å². The van der Waals surface area contributed by atoms with Crippen molar-refractivity contribution in [3.8, 4) is 5.75 Å². The minimum atomic E-state index is 0.553. The molecular formula is C15H16N2O. The SMILES string of the molecule is C=C(C)Nc1cc(OCc2ccccc2)ccn1. The lowest BCUT2D eigenvalue weighted by atomic mass is 10.2. The summed E-state index contributed by atoms with van der Waals surface area (Å²) in [5.41, 5.74) is 1.99. The van der Waals surface area contributed by atoms with Gasteiger partial charge in [0.15, 0.2) is 0 Å². The Morgan fingerprint density at radius 3 is 2.78 bits per heavy atom. The van der Waals surface area contributed by atoms with Gasteiger partial charge in [0.25, 0.3) is 0 Å². The number of nitrogens with one attached hydrogen (secondary N) is 1. The molecule has 1 aromatic heterocycles. The minimum absolute atomic E-state index is 0.553. The Hall–Kier alpha value is -2.29. The Morgan fingerprint density at radius 1 is 1.28 bits per heavy atom. The van der Waals surface area contributed by atoms with Gasteiger partial charge in [0.05, 0.1) is 0 Å². The van der Waals surface area contributed by atoms with Gasteiger partial charge in [-0.2, -0.15) is 0 Å². The average molecular weight is 240 g/mol. The van der Waals surface area contributed by atoms with Crippen LogP contribution in [0.2, 0.25) is 0 Å². The Labute approximate surface area is 107 Å². The van der Waals surface area contributed by atoms with E-state index in [1.54, 1.807) is 6.20 Å². The topological polar surface area (TPSA) is 34.1 Å². The summed E-state index contributed by atoms with van der Waals surface area (Å²) in [6.07, 6.45) is 1.71. The van der Waals surface area contributed by atoms with E-state index < -0.39 is 0 Å². The van der Waals surface area contributed by atoms with Crippen molar-refractivity contribution in [2.45, 2.75) is 13.5 Å². The summed E-state index contributed by atoms with van der Waals surface area (Å²) < 4.78 is 5.70. The molecule has 0 radical (unpaired) electrons. The summed E-state index contributed by atoms with van der Waals surface area (Å²) in [7, 11) is 0. The molecule has 0 bridgehead atoms. The van der Waals surface area contributed by atoms with Crippen LogP contribution < -0.4 is 10.1 Å². The maximum Gasteiger partial charge on any atom is 0.133 e. The molecule has 18 heavy (non-hydrogen) atoms. The number of hydrogen-bond acceptors (Lipinski definition) is 3. The molecule has 0 saturated carbocycles. The molecule has 1 aromatic carbocycles. The largest absolute Gasteiger partial charge is 0.489 e. The van der Waals surface area contributed by atoms with E-state index in [1.165, 1.54) is 0 Å². The molecule has 1 N–H and O–H groups in total. The highest BCUT2D eigenvalue weighted by atomic mass is 16.5. The van der Waals surface area contributed by atoms with Crippen molar-refractivity contribution in [1.29, 1.82) is 0 Å². The summed E-state index contributed by atoms with van der Waals surface area (Å²) in [4.78, 5) is 4.18. The van der Waals surface area contributed by atoms with Gasteiger partial charge in [0, 0.05) is 18.0 Å². The zero-order chi connectivity index (χ0) is 12.8. The molecule has 0 aliphatic carbocycles. The van der Waals surface area contributed by atoms with Crippen LogP contribution in [-0.2, 0) is 6.61 Å². The number of ether oxygens (including phenoxy) is 1. The fourth-order valence-electron chi connectivity index (χ4n) is 1.53. The first kappa shape index (κ1) is 12.2. The number of allylic oxidation sites excluding steroid dienone is 1. The molecule has 2 rings (SSSR count). The van der Waals surface area contributed by atoms with Gasteiger partial charge in [-0.15, -0.1) is 0 Å². The fourth-order valence-corrected chi connectivity index (χ4v) is 1.53. The van der Waals surface area contributed by atoms with Crippen LogP contribution in [0, 0.1) is 0 Å². The predicted molar refractivity (Wildman–Crippen MR) is 73.4 cm³/mol. The summed E-state index contributed by atoms with van der Waals surface area (Å²) in [6.45, 7) is 6.22. The molecule has 0 aliphatic heterocycles. The van der Waals surface area contributed by atoms with Crippen LogP contribution in [0.25, 0.3) is 0 Å². The van der Waals surface area contributed by atoms with E-state index in [4.69, 9.17) is 4.74 Å². The fraction of sp³-hybridized carbons (Fsp3) is 0.133. The standard InChI is InChI=1S/C15H16N2O/c1-12(2)17-15-10-14(8-9-16-15)18-11-13-6-4-3-5-7-13/h3-10H,1,11H2,2H3,(H,16,17). The van der Waals surface area contributed by atoms with Crippen molar-refractivity contribution in [2.24, 2.45) is 0 Å².